The second-order valence-electron chi connectivity index (χ2n) is 10.5. The molecule has 0 bridgehead atoms. The van der Waals surface area contributed by atoms with Crippen LogP contribution in [0.1, 0.15) is 49.8 Å². The minimum Gasteiger partial charge on any atom is -0.387 e. The number of halogens is 4. The summed E-state index contributed by atoms with van der Waals surface area (Å²) in [5, 5.41) is 6.02. The molecule has 3 aromatic carbocycles. The van der Waals surface area contributed by atoms with Crippen LogP contribution in [0.4, 0.5) is 17.6 Å². The van der Waals surface area contributed by atoms with Gasteiger partial charge in [-0.15, -0.1) is 4.40 Å². The summed E-state index contributed by atoms with van der Waals surface area (Å²) < 4.78 is 83.2. The molecule has 0 saturated carbocycles. The van der Waals surface area contributed by atoms with E-state index in [1.165, 1.54) is 17.1 Å². The molecule has 41 heavy (non-hydrogen) atoms. The van der Waals surface area contributed by atoms with Gasteiger partial charge >= 0.3 is 6.18 Å². The number of nitrogens with zero attached hydrogens (tertiary/aromatic N) is 4. The summed E-state index contributed by atoms with van der Waals surface area (Å²) in [5.74, 6) is -0.897. The molecular weight excluding hydrogens is 558 g/mol. The Morgan fingerprint density at radius 2 is 1.56 bits per heavy atom. The van der Waals surface area contributed by atoms with Gasteiger partial charge in [0.2, 0.25) is 0 Å². The minimum atomic E-state index is -4.63. The van der Waals surface area contributed by atoms with Gasteiger partial charge in [-0.05, 0) is 53.9 Å². The number of sulfonamides is 1. The maximum Gasteiger partial charge on any atom is 0.416 e. The number of amidine groups is 1. The van der Waals surface area contributed by atoms with Crippen LogP contribution in [0.15, 0.2) is 98.2 Å². The Kier molecular flexibility index (Phi) is 8.34. The Morgan fingerprint density at radius 1 is 0.951 bits per heavy atom. The van der Waals surface area contributed by atoms with Gasteiger partial charge in [0.15, 0.2) is 0 Å². The largest absolute Gasteiger partial charge is 0.416 e. The highest BCUT2D eigenvalue weighted by atomic mass is 32.2. The molecule has 0 amide bonds. The lowest BCUT2D eigenvalue weighted by Gasteiger charge is -2.31. The Hall–Kier alpha value is -4.06. The highest BCUT2D eigenvalue weighted by Crippen LogP contribution is 2.32. The quantitative estimate of drug-likeness (QED) is 0.224. The molecule has 0 radical (unpaired) electrons. The predicted octanol–water partition coefficient (Wildman–Crippen LogP) is 6.19. The van der Waals surface area contributed by atoms with Crippen molar-refractivity contribution in [3.8, 4) is 0 Å². The summed E-state index contributed by atoms with van der Waals surface area (Å²) in [6.07, 6.45) is -4.15. The zero-order valence-electron chi connectivity index (χ0n) is 22.6. The van der Waals surface area contributed by atoms with Crippen molar-refractivity contribution in [1.29, 1.82) is 0 Å². The molecular formula is C29H29F4N5O2S. The molecule has 12 heteroatoms. The van der Waals surface area contributed by atoms with E-state index in [-0.39, 0.29) is 24.3 Å². The second kappa shape index (κ2) is 11.4. The number of aliphatic imine (C=N–C) groups is 1. The molecule has 1 aliphatic rings. The number of benzene rings is 3. The topological polar surface area (TPSA) is 100 Å². The Bertz CT molecular complexity index is 1580. The average molecular weight is 588 g/mol. The van der Waals surface area contributed by atoms with E-state index in [0.717, 1.165) is 17.7 Å². The first-order valence-electron chi connectivity index (χ1n) is 12.7. The molecule has 216 valence electrons. The number of alkyl halides is 3. The summed E-state index contributed by atoms with van der Waals surface area (Å²) in [6, 6.07) is 18.3. The average Bonchev–Trinajstić information content (AvgIpc) is 2.92. The Labute approximate surface area is 236 Å². The number of hydrazone groups is 1. The fourth-order valence-electron chi connectivity index (χ4n) is 4.05. The molecule has 2 N–H and O–H groups in total. The molecule has 0 aromatic heterocycles. The molecule has 0 fully saturated rings. The zero-order valence-corrected chi connectivity index (χ0v) is 23.4. The van der Waals surface area contributed by atoms with Gasteiger partial charge in [-0.1, -0.05) is 63.2 Å². The molecule has 7 nitrogen and oxygen atoms in total. The Balaban J connectivity index is 1.84. The van der Waals surface area contributed by atoms with Crippen LogP contribution >= 0.6 is 0 Å². The van der Waals surface area contributed by atoms with Crippen LogP contribution in [0.3, 0.4) is 0 Å². The van der Waals surface area contributed by atoms with E-state index in [4.69, 9.17) is 10.8 Å². The maximum absolute atomic E-state index is 13.7. The molecule has 3 aromatic rings. The number of hydrogen-bond donors (Lipinski definition) is 1. The molecule has 0 spiro atoms. The second-order valence-corrected chi connectivity index (χ2v) is 12.1. The zero-order chi connectivity index (χ0) is 30.0. The van der Waals surface area contributed by atoms with Gasteiger partial charge in [0.1, 0.15) is 11.7 Å². The third-order valence-electron chi connectivity index (χ3n) is 6.43. The SMILES string of the molecule is CC(C)(C)C(N)=NC(=NS(=O)(=O)c1ccc(C(F)(F)F)cc1)N1CCC(c2ccccc2)C(c2ccc(F)cc2)=N1. The number of guanidine groups is 1. The van der Waals surface area contributed by atoms with Gasteiger partial charge in [-0.3, -0.25) is 0 Å². The lowest BCUT2D eigenvalue weighted by Crippen LogP contribution is -2.38. The maximum atomic E-state index is 13.7. The third-order valence-corrected chi connectivity index (χ3v) is 7.70. The van der Waals surface area contributed by atoms with Crippen LogP contribution in [0.25, 0.3) is 0 Å². The van der Waals surface area contributed by atoms with Gasteiger partial charge < -0.3 is 5.73 Å². The molecule has 0 aliphatic carbocycles. The van der Waals surface area contributed by atoms with Gasteiger partial charge in [-0.2, -0.15) is 31.7 Å². The molecule has 1 aliphatic heterocycles. The van der Waals surface area contributed by atoms with E-state index >= 15 is 0 Å². The minimum absolute atomic E-state index is 0.0718. The first-order valence-corrected chi connectivity index (χ1v) is 14.1. The van der Waals surface area contributed by atoms with E-state index in [1.54, 1.807) is 32.9 Å². The summed E-state index contributed by atoms with van der Waals surface area (Å²) in [4.78, 5) is 3.87. The molecule has 4 rings (SSSR count). The Morgan fingerprint density at radius 3 is 2.12 bits per heavy atom. The van der Waals surface area contributed by atoms with Crippen molar-refractivity contribution in [2.45, 2.75) is 44.2 Å². The molecule has 1 unspecified atom stereocenters. The van der Waals surface area contributed by atoms with Gasteiger partial charge in [-0.25, -0.2) is 9.40 Å². The van der Waals surface area contributed by atoms with E-state index in [9.17, 15) is 26.0 Å². The predicted molar refractivity (Wildman–Crippen MR) is 151 cm³/mol. The van der Waals surface area contributed by atoms with Crippen molar-refractivity contribution >= 4 is 27.5 Å². The summed E-state index contributed by atoms with van der Waals surface area (Å²) in [7, 11) is -4.52. The molecule has 1 atom stereocenters. The third kappa shape index (κ3) is 7.18. The van der Waals surface area contributed by atoms with Crippen molar-refractivity contribution in [2.24, 2.45) is 25.6 Å². The lowest BCUT2D eigenvalue weighted by molar-refractivity contribution is -0.137. The van der Waals surface area contributed by atoms with Crippen LogP contribution in [0.2, 0.25) is 0 Å². The van der Waals surface area contributed by atoms with Crippen molar-refractivity contribution in [3.63, 3.8) is 0 Å². The lowest BCUT2D eigenvalue weighted by atomic mass is 9.86. The normalized spacial score (nSPS) is 17.4. The van der Waals surface area contributed by atoms with Gasteiger partial charge in [0.05, 0.1) is 16.2 Å². The number of nitrogens with two attached hydrogens (primary N) is 1. The summed E-state index contributed by atoms with van der Waals surface area (Å²) in [5.41, 5.74) is 6.65. The van der Waals surface area contributed by atoms with Gasteiger partial charge in [0, 0.05) is 17.9 Å². The summed E-state index contributed by atoms with van der Waals surface area (Å²) >= 11 is 0. The number of rotatable bonds is 4. The van der Waals surface area contributed by atoms with Crippen LogP contribution in [0, 0.1) is 11.2 Å². The fourth-order valence-corrected chi connectivity index (χ4v) is 4.98. The highest BCUT2D eigenvalue weighted by molar-refractivity contribution is 7.90. The fraction of sp³-hybridized carbons (Fsp3) is 0.276. The van der Waals surface area contributed by atoms with Gasteiger partial charge in [0.25, 0.3) is 16.0 Å². The van der Waals surface area contributed by atoms with Crippen LogP contribution in [-0.4, -0.2) is 37.5 Å². The monoisotopic (exact) mass is 587 g/mol. The van der Waals surface area contributed by atoms with E-state index in [2.05, 4.69) is 9.39 Å². The molecule has 0 saturated heterocycles. The van der Waals surface area contributed by atoms with Crippen LogP contribution in [-0.2, 0) is 16.2 Å². The first-order chi connectivity index (χ1) is 19.1. The van der Waals surface area contributed by atoms with Crippen molar-refractivity contribution in [3.05, 3.63) is 101 Å². The highest BCUT2D eigenvalue weighted by Gasteiger charge is 2.32. The van der Waals surface area contributed by atoms with E-state index in [0.29, 0.717) is 29.8 Å². The standard InChI is InChI=1S/C29H29F4N5O2S/c1-28(2,3)26(34)35-27(37-41(39,40)23-15-11-21(12-16-23)29(31,32)33)38-18-17-24(19-7-5-4-6-8-19)25(36-38)20-9-13-22(30)14-10-20/h4-16,24H,17-18H2,1-3H3,(H2,34,35,37). The van der Waals surface area contributed by atoms with E-state index in [1.807, 2.05) is 30.3 Å². The number of hydrogen-bond acceptors (Lipinski definition) is 3. The van der Waals surface area contributed by atoms with Crippen LogP contribution < -0.4 is 5.73 Å². The molecule has 1 heterocycles. The van der Waals surface area contributed by atoms with Crippen LogP contribution in [0.5, 0.6) is 0 Å². The summed E-state index contributed by atoms with van der Waals surface area (Å²) in [6.45, 7) is 5.54. The van der Waals surface area contributed by atoms with Crippen molar-refractivity contribution in [2.75, 3.05) is 6.54 Å². The smallest absolute Gasteiger partial charge is 0.387 e. The first kappa shape index (κ1) is 29.9. The van der Waals surface area contributed by atoms with E-state index < -0.39 is 37.9 Å². The van der Waals surface area contributed by atoms with Crippen molar-refractivity contribution in [1.82, 2.24) is 5.01 Å². The van der Waals surface area contributed by atoms with Crippen molar-refractivity contribution < 1.29 is 26.0 Å².